The largest absolute Gasteiger partial charge is 0.437 e. The molecule has 2 aromatic carbocycles. The molecule has 28 heavy (non-hydrogen) atoms. The van der Waals surface area contributed by atoms with Crippen LogP contribution in [0.4, 0.5) is 17.2 Å². The van der Waals surface area contributed by atoms with Crippen molar-refractivity contribution in [2.24, 2.45) is 0 Å². The van der Waals surface area contributed by atoms with Crippen molar-refractivity contribution < 1.29 is 4.74 Å². The van der Waals surface area contributed by atoms with Gasteiger partial charge in [0.05, 0.1) is 0 Å². The maximum Gasteiger partial charge on any atom is 0.248 e. The van der Waals surface area contributed by atoms with Crippen LogP contribution in [0.15, 0.2) is 54.9 Å². The SMILES string of the molecule is Cc1cccc(N2CCN(c3ncnc(Oc4ccccc4)c3N)CC2)c1C. The number of para-hydroxylation sites is 1. The summed E-state index contributed by atoms with van der Waals surface area (Å²) in [6, 6.07) is 16.0. The molecule has 0 bridgehead atoms. The van der Waals surface area contributed by atoms with Crippen LogP contribution in [0.1, 0.15) is 11.1 Å². The van der Waals surface area contributed by atoms with E-state index in [1.54, 1.807) is 0 Å². The Balaban J connectivity index is 1.49. The Bertz CT molecular complexity index is 952. The van der Waals surface area contributed by atoms with Gasteiger partial charge < -0.3 is 20.3 Å². The quantitative estimate of drug-likeness (QED) is 0.748. The predicted octanol–water partition coefficient (Wildman–Crippen LogP) is 3.79. The zero-order chi connectivity index (χ0) is 19.5. The number of nitrogens with two attached hydrogens (primary N) is 1. The normalized spacial score (nSPS) is 14.2. The molecule has 0 atom stereocenters. The molecule has 1 aromatic heterocycles. The van der Waals surface area contributed by atoms with Gasteiger partial charge in [0, 0.05) is 31.9 Å². The van der Waals surface area contributed by atoms with Gasteiger partial charge in [0.15, 0.2) is 5.82 Å². The van der Waals surface area contributed by atoms with Gasteiger partial charge in [-0.25, -0.2) is 4.98 Å². The Hall–Kier alpha value is -3.28. The van der Waals surface area contributed by atoms with Crippen LogP contribution < -0.4 is 20.3 Å². The lowest BCUT2D eigenvalue weighted by Gasteiger charge is -2.38. The van der Waals surface area contributed by atoms with Gasteiger partial charge in [0.2, 0.25) is 5.88 Å². The number of nitrogens with zero attached hydrogens (tertiary/aromatic N) is 4. The van der Waals surface area contributed by atoms with Crippen molar-refractivity contribution in [3.8, 4) is 11.6 Å². The summed E-state index contributed by atoms with van der Waals surface area (Å²) in [5.41, 5.74) is 10.8. The van der Waals surface area contributed by atoms with Gasteiger partial charge in [-0.1, -0.05) is 30.3 Å². The highest BCUT2D eigenvalue weighted by Gasteiger charge is 2.23. The molecule has 1 fully saturated rings. The van der Waals surface area contributed by atoms with E-state index in [1.807, 2.05) is 30.3 Å². The summed E-state index contributed by atoms with van der Waals surface area (Å²) in [7, 11) is 0. The highest BCUT2D eigenvalue weighted by atomic mass is 16.5. The van der Waals surface area contributed by atoms with Crippen LogP contribution in [0.2, 0.25) is 0 Å². The third-order valence-electron chi connectivity index (χ3n) is 5.28. The average Bonchev–Trinajstić information content (AvgIpc) is 2.73. The third kappa shape index (κ3) is 3.58. The molecular weight excluding hydrogens is 350 g/mol. The Morgan fingerprint density at radius 3 is 2.32 bits per heavy atom. The van der Waals surface area contributed by atoms with Gasteiger partial charge in [-0.05, 0) is 43.2 Å². The standard InChI is InChI=1S/C22H25N5O/c1-16-7-6-10-19(17(16)2)26-11-13-27(14-12-26)21-20(23)22(25-15-24-21)28-18-8-4-3-5-9-18/h3-10,15H,11-14,23H2,1-2H3. The summed E-state index contributed by atoms with van der Waals surface area (Å²) in [4.78, 5) is 13.3. The van der Waals surface area contributed by atoms with Crippen molar-refractivity contribution in [2.45, 2.75) is 13.8 Å². The monoisotopic (exact) mass is 375 g/mol. The molecule has 0 amide bonds. The minimum atomic E-state index is 0.396. The smallest absolute Gasteiger partial charge is 0.248 e. The summed E-state index contributed by atoms with van der Waals surface area (Å²) in [6.07, 6.45) is 1.51. The number of rotatable bonds is 4. The van der Waals surface area contributed by atoms with Crippen LogP contribution >= 0.6 is 0 Å². The van der Waals surface area contributed by atoms with Crippen molar-refractivity contribution in [1.29, 1.82) is 0 Å². The highest BCUT2D eigenvalue weighted by molar-refractivity contribution is 5.69. The molecule has 2 N–H and O–H groups in total. The molecule has 0 aliphatic carbocycles. The van der Waals surface area contributed by atoms with Crippen LogP contribution in [0.3, 0.4) is 0 Å². The van der Waals surface area contributed by atoms with Crippen LogP contribution in [-0.2, 0) is 0 Å². The van der Waals surface area contributed by atoms with Gasteiger partial charge in [-0.15, -0.1) is 0 Å². The lowest BCUT2D eigenvalue weighted by atomic mass is 10.1. The lowest BCUT2D eigenvalue weighted by Crippen LogP contribution is -2.47. The van der Waals surface area contributed by atoms with E-state index in [0.29, 0.717) is 17.3 Å². The summed E-state index contributed by atoms with van der Waals surface area (Å²) >= 11 is 0. The number of piperazine rings is 1. The van der Waals surface area contributed by atoms with E-state index in [1.165, 1.54) is 23.1 Å². The van der Waals surface area contributed by atoms with Crippen LogP contribution in [-0.4, -0.2) is 36.1 Å². The second-order valence-electron chi connectivity index (χ2n) is 7.02. The second-order valence-corrected chi connectivity index (χ2v) is 7.02. The average molecular weight is 375 g/mol. The molecule has 0 spiro atoms. The predicted molar refractivity (Wildman–Crippen MR) is 113 cm³/mol. The Kier molecular flexibility index (Phi) is 5.02. The zero-order valence-electron chi connectivity index (χ0n) is 16.3. The molecule has 0 saturated carbocycles. The van der Waals surface area contributed by atoms with Crippen LogP contribution in [0, 0.1) is 13.8 Å². The second kappa shape index (κ2) is 7.76. The molecule has 144 valence electrons. The van der Waals surface area contributed by atoms with Crippen molar-refractivity contribution in [2.75, 3.05) is 41.7 Å². The van der Waals surface area contributed by atoms with Crippen molar-refractivity contribution in [3.63, 3.8) is 0 Å². The maximum atomic E-state index is 6.35. The fraction of sp³-hybridized carbons (Fsp3) is 0.273. The number of anilines is 3. The van der Waals surface area contributed by atoms with Gasteiger partial charge >= 0.3 is 0 Å². The number of ether oxygens (including phenoxy) is 1. The summed E-state index contributed by atoms with van der Waals surface area (Å²) in [5, 5.41) is 0. The first-order valence-corrected chi connectivity index (χ1v) is 9.53. The molecule has 4 rings (SSSR count). The maximum absolute atomic E-state index is 6.35. The third-order valence-corrected chi connectivity index (χ3v) is 5.28. The fourth-order valence-corrected chi connectivity index (χ4v) is 3.54. The van der Waals surface area contributed by atoms with E-state index in [2.05, 4.69) is 51.8 Å². The Labute approximate surface area is 165 Å². The van der Waals surface area contributed by atoms with Gasteiger partial charge in [-0.3, -0.25) is 0 Å². The molecule has 1 saturated heterocycles. The zero-order valence-corrected chi connectivity index (χ0v) is 16.3. The minimum absolute atomic E-state index is 0.396. The molecule has 6 heteroatoms. The lowest BCUT2D eigenvalue weighted by molar-refractivity contribution is 0.464. The van der Waals surface area contributed by atoms with Crippen LogP contribution in [0.5, 0.6) is 11.6 Å². The number of benzene rings is 2. The molecule has 1 aliphatic rings. The Morgan fingerprint density at radius 1 is 0.857 bits per heavy atom. The number of aromatic nitrogens is 2. The first kappa shape index (κ1) is 18.1. The summed E-state index contributed by atoms with van der Waals surface area (Å²) < 4.78 is 5.85. The van der Waals surface area contributed by atoms with E-state index >= 15 is 0 Å². The van der Waals surface area contributed by atoms with Gasteiger partial charge in [-0.2, -0.15) is 4.98 Å². The van der Waals surface area contributed by atoms with E-state index in [0.717, 1.165) is 32.0 Å². The molecular formula is C22H25N5O. The molecule has 0 radical (unpaired) electrons. The molecule has 3 aromatic rings. The van der Waals surface area contributed by atoms with E-state index in [9.17, 15) is 0 Å². The first-order valence-electron chi connectivity index (χ1n) is 9.53. The topological polar surface area (TPSA) is 67.5 Å². The van der Waals surface area contributed by atoms with E-state index in [4.69, 9.17) is 10.5 Å². The summed E-state index contributed by atoms with van der Waals surface area (Å²) in [5.74, 6) is 1.84. The molecule has 2 heterocycles. The molecule has 6 nitrogen and oxygen atoms in total. The van der Waals surface area contributed by atoms with E-state index < -0.39 is 0 Å². The number of aryl methyl sites for hydroxylation is 1. The number of hydrogen-bond acceptors (Lipinski definition) is 6. The van der Waals surface area contributed by atoms with Gasteiger partial charge in [0.1, 0.15) is 17.8 Å². The Morgan fingerprint density at radius 2 is 1.57 bits per heavy atom. The fourth-order valence-electron chi connectivity index (χ4n) is 3.54. The molecule has 1 aliphatic heterocycles. The minimum Gasteiger partial charge on any atom is -0.437 e. The molecule has 0 unspecified atom stereocenters. The van der Waals surface area contributed by atoms with Gasteiger partial charge in [0.25, 0.3) is 0 Å². The number of nitrogen functional groups attached to an aromatic ring is 1. The van der Waals surface area contributed by atoms with Crippen LogP contribution in [0.25, 0.3) is 0 Å². The van der Waals surface area contributed by atoms with Crippen molar-refractivity contribution >= 4 is 17.2 Å². The highest BCUT2D eigenvalue weighted by Crippen LogP contribution is 2.32. The summed E-state index contributed by atoms with van der Waals surface area (Å²) in [6.45, 7) is 7.88. The van der Waals surface area contributed by atoms with E-state index in [-0.39, 0.29) is 0 Å². The number of hydrogen-bond donors (Lipinski definition) is 1. The first-order chi connectivity index (χ1) is 13.6. The van der Waals surface area contributed by atoms with Crippen molar-refractivity contribution in [1.82, 2.24) is 9.97 Å². The van der Waals surface area contributed by atoms with Crippen molar-refractivity contribution in [3.05, 3.63) is 66.0 Å².